The van der Waals surface area contributed by atoms with E-state index in [0.717, 1.165) is 10.1 Å². The average molecular weight is 230 g/mol. The summed E-state index contributed by atoms with van der Waals surface area (Å²) in [7, 11) is 0. The summed E-state index contributed by atoms with van der Waals surface area (Å²) in [6.45, 7) is 1.41. The highest BCUT2D eigenvalue weighted by atomic mass is 32.2. The Kier molecular flexibility index (Phi) is 4.15. The van der Waals surface area contributed by atoms with Gasteiger partial charge in [-0.1, -0.05) is 0 Å². The Hall–Kier alpha value is -0.820. The zero-order valence-electron chi connectivity index (χ0n) is 8.07. The third-order valence-electron chi connectivity index (χ3n) is 1.30. The molecule has 0 spiro atoms. The molecule has 0 unspecified atom stereocenters. The van der Waals surface area contributed by atoms with Crippen molar-refractivity contribution in [1.82, 2.24) is 15.2 Å². The Morgan fingerprint density at radius 2 is 1.86 bits per heavy atom. The molecule has 0 bridgehead atoms. The van der Waals surface area contributed by atoms with Crippen LogP contribution in [0.4, 0.5) is 5.95 Å². The molecule has 0 aromatic carbocycles. The van der Waals surface area contributed by atoms with E-state index in [1.54, 1.807) is 0 Å². The van der Waals surface area contributed by atoms with Crippen LogP contribution < -0.4 is 5.32 Å². The van der Waals surface area contributed by atoms with E-state index in [1.807, 2.05) is 12.5 Å². The number of hydrogen-bond donors (Lipinski definition) is 1. The number of thioether (sulfide) groups is 2. The number of amides is 1. The maximum absolute atomic E-state index is 10.7. The van der Waals surface area contributed by atoms with Gasteiger partial charge in [0, 0.05) is 6.92 Å². The van der Waals surface area contributed by atoms with E-state index >= 15 is 0 Å². The lowest BCUT2D eigenvalue weighted by Crippen LogP contribution is -2.10. The maximum Gasteiger partial charge on any atom is 0.250 e. The molecule has 76 valence electrons. The summed E-state index contributed by atoms with van der Waals surface area (Å²) in [5, 5.41) is 11.7. The monoisotopic (exact) mass is 230 g/mol. The van der Waals surface area contributed by atoms with Crippen molar-refractivity contribution < 1.29 is 4.79 Å². The largest absolute Gasteiger partial charge is 0.293 e. The van der Waals surface area contributed by atoms with E-state index in [1.165, 1.54) is 30.4 Å². The molecule has 1 rings (SSSR count). The van der Waals surface area contributed by atoms with E-state index in [0.29, 0.717) is 0 Å². The Morgan fingerprint density at radius 3 is 2.36 bits per heavy atom. The molecular formula is C7H10N4OS2. The molecular weight excluding hydrogens is 220 g/mol. The first kappa shape index (κ1) is 11.3. The first-order chi connectivity index (χ1) is 6.67. The summed E-state index contributed by atoms with van der Waals surface area (Å²) in [6.07, 6.45) is 3.81. The minimum absolute atomic E-state index is 0.198. The molecule has 1 aromatic rings. The third-order valence-corrected chi connectivity index (χ3v) is 2.76. The number of carbonyl (C=O) groups excluding carboxylic acids is 1. The lowest BCUT2D eigenvalue weighted by atomic mass is 10.7. The number of aromatic nitrogens is 3. The van der Waals surface area contributed by atoms with Gasteiger partial charge in [-0.05, 0) is 12.5 Å². The average Bonchev–Trinajstić information content (AvgIpc) is 2.16. The molecule has 5 nitrogen and oxygen atoms in total. The highest BCUT2D eigenvalue weighted by molar-refractivity contribution is 8.01. The van der Waals surface area contributed by atoms with Crippen molar-refractivity contribution in [3.05, 3.63) is 0 Å². The van der Waals surface area contributed by atoms with Crippen LogP contribution in [0.15, 0.2) is 10.1 Å². The molecule has 1 N–H and O–H groups in total. The van der Waals surface area contributed by atoms with E-state index < -0.39 is 0 Å². The summed E-state index contributed by atoms with van der Waals surface area (Å²) in [4.78, 5) is 14.9. The van der Waals surface area contributed by atoms with Gasteiger partial charge in [0.1, 0.15) is 5.03 Å². The van der Waals surface area contributed by atoms with Crippen LogP contribution in [0.5, 0.6) is 0 Å². The number of carbonyl (C=O) groups is 1. The minimum Gasteiger partial charge on any atom is -0.293 e. The molecule has 0 aliphatic rings. The van der Waals surface area contributed by atoms with Gasteiger partial charge >= 0.3 is 0 Å². The van der Waals surface area contributed by atoms with Crippen LogP contribution in [0.2, 0.25) is 0 Å². The summed E-state index contributed by atoms with van der Waals surface area (Å²) in [5.41, 5.74) is 0. The van der Waals surface area contributed by atoms with Gasteiger partial charge in [-0.15, -0.1) is 33.7 Å². The molecule has 0 atom stereocenters. The fraction of sp³-hybridized carbons (Fsp3) is 0.429. The molecule has 0 saturated carbocycles. The minimum atomic E-state index is -0.198. The predicted molar refractivity (Wildman–Crippen MR) is 57.7 cm³/mol. The number of anilines is 1. The Balaban J connectivity index is 2.95. The quantitative estimate of drug-likeness (QED) is 0.789. The summed E-state index contributed by atoms with van der Waals surface area (Å²) in [6, 6.07) is 0. The van der Waals surface area contributed by atoms with Gasteiger partial charge in [0.25, 0.3) is 5.95 Å². The maximum atomic E-state index is 10.7. The molecule has 0 saturated heterocycles. The Labute approximate surface area is 90.5 Å². The molecule has 0 radical (unpaired) electrons. The van der Waals surface area contributed by atoms with E-state index in [4.69, 9.17) is 0 Å². The Morgan fingerprint density at radius 1 is 1.21 bits per heavy atom. The first-order valence-electron chi connectivity index (χ1n) is 3.77. The summed E-state index contributed by atoms with van der Waals surface area (Å²) in [5.74, 6) is 0.0513. The lowest BCUT2D eigenvalue weighted by molar-refractivity contribution is -0.114. The van der Waals surface area contributed by atoms with E-state index in [9.17, 15) is 4.79 Å². The number of rotatable bonds is 3. The topological polar surface area (TPSA) is 67.8 Å². The van der Waals surface area contributed by atoms with E-state index in [2.05, 4.69) is 20.5 Å². The van der Waals surface area contributed by atoms with Gasteiger partial charge in [0.15, 0.2) is 5.03 Å². The zero-order chi connectivity index (χ0) is 10.6. The van der Waals surface area contributed by atoms with Crippen LogP contribution in [0, 0.1) is 0 Å². The molecule has 1 heterocycles. The summed E-state index contributed by atoms with van der Waals surface area (Å²) >= 11 is 2.95. The van der Waals surface area contributed by atoms with Crippen LogP contribution in [-0.4, -0.2) is 33.6 Å². The fourth-order valence-corrected chi connectivity index (χ4v) is 2.01. The van der Waals surface area contributed by atoms with Gasteiger partial charge in [0.05, 0.1) is 0 Å². The van der Waals surface area contributed by atoms with Gasteiger partial charge < -0.3 is 0 Å². The summed E-state index contributed by atoms with van der Waals surface area (Å²) < 4.78 is 0. The van der Waals surface area contributed by atoms with Crippen LogP contribution in [0.25, 0.3) is 0 Å². The SMILES string of the molecule is CSc1nnc(NC(C)=O)nc1SC. The smallest absolute Gasteiger partial charge is 0.250 e. The second kappa shape index (κ2) is 5.16. The van der Waals surface area contributed by atoms with Crippen molar-refractivity contribution in [2.75, 3.05) is 17.8 Å². The highest BCUT2D eigenvalue weighted by Crippen LogP contribution is 2.23. The number of nitrogens with zero attached hydrogens (tertiary/aromatic N) is 3. The molecule has 1 amide bonds. The fourth-order valence-electron chi connectivity index (χ4n) is 0.773. The molecule has 0 fully saturated rings. The predicted octanol–water partition coefficient (Wildman–Crippen LogP) is 1.27. The number of nitrogens with one attached hydrogen (secondary N) is 1. The van der Waals surface area contributed by atoms with Crippen molar-refractivity contribution in [2.45, 2.75) is 17.0 Å². The zero-order valence-corrected chi connectivity index (χ0v) is 9.70. The third kappa shape index (κ3) is 2.85. The second-order valence-corrected chi connectivity index (χ2v) is 3.93. The molecule has 0 aliphatic heterocycles. The second-order valence-electron chi connectivity index (χ2n) is 2.34. The molecule has 7 heteroatoms. The first-order valence-corrected chi connectivity index (χ1v) is 6.22. The van der Waals surface area contributed by atoms with E-state index in [-0.39, 0.29) is 11.9 Å². The van der Waals surface area contributed by atoms with Crippen molar-refractivity contribution in [2.24, 2.45) is 0 Å². The Bertz CT molecular complexity index is 344. The van der Waals surface area contributed by atoms with Gasteiger partial charge in [-0.25, -0.2) is 4.98 Å². The van der Waals surface area contributed by atoms with Crippen LogP contribution in [-0.2, 0) is 4.79 Å². The molecule has 0 aliphatic carbocycles. The normalized spacial score (nSPS) is 9.93. The molecule has 14 heavy (non-hydrogen) atoms. The van der Waals surface area contributed by atoms with Gasteiger partial charge in [0.2, 0.25) is 5.91 Å². The lowest BCUT2D eigenvalue weighted by Gasteiger charge is -2.03. The van der Waals surface area contributed by atoms with Gasteiger partial charge in [-0.2, -0.15) is 0 Å². The van der Waals surface area contributed by atoms with Crippen molar-refractivity contribution in [3.8, 4) is 0 Å². The van der Waals surface area contributed by atoms with Crippen molar-refractivity contribution in [3.63, 3.8) is 0 Å². The van der Waals surface area contributed by atoms with Gasteiger partial charge in [-0.3, -0.25) is 10.1 Å². The van der Waals surface area contributed by atoms with Crippen molar-refractivity contribution in [1.29, 1.82) is 0 Å². The van der Waals surface area contributed by atoms with Crippen LogP contribution in [0.3, 0.4) is 0 Å². The number of hydrogen-bond acceptors (Lipinski definition) is 6. The molecule has 1 aromatic heterocycles. The standard InChI is InChI=1S/C7H10N4OS2/c1-4(12)8-7-9-5(13-2)6(14-3)10-11-7/h1-3H3,(H,8,9,11,12). The van der Waals surface area contributed by atoms with Crippen LogP contribution in [0.1, 0.15) is 6.92 Å². The highest BCUT2D eigenvalue weighted by Gasteiger charge is 2.07. The van der Waals surface area contributed by atoms with Crippen molar-refractivity contribution >= 4 is 35.4 Å². The van der Waals surface area contributed by atoms with Crippen LogP contribution >= 0.6 is 23.5 Å².